The fraction of sp³-hybridized carbons (Fsp3) is 0.909. The summed E-state index contributed by atoms with van der Waals surface area (Å²) in [6, 6.07) is 0. The van der Waals surface area contributed by atoms with Crippen LogP contribution in [0.3, 0.4) is 0 Å². The van der Waals surface area contributed by atoms with Gasteiger partial charge < -0.3 is 10.1 Å². The molecule has 86 valence electrons. The number of alkyl halides is 1. The van der Waals surface area contributed by atoms with Crippen molar-refractivity contribution in [2.75, 3.05) is 19.8 Å². The predicted molar refractivity (Wildman–Crippen MR) is 58.9 cm³/mol. The summed E-state index contributed by atoms with van der Waals surface area (Å²) >= 11 is 5.68. The molecule has 2 atom stereocenters. The number of carbonyl (C=O) groups excluding carboxylic acids is 1. The molecule has 1 saturated carbocycles. The summed E-state index contributed by atoms with van der Waals surface area (Å²) in [5, 5.41) is 2.48. The second-order valence-electron chi connectivity index (χ2n) is 4.74. The Kier molecular flexibility index (Phi) is 3.21. The van der Waals surface area contributed by atoms with Gasteiger partial charge in [0, 0.05) is 19.8 Å². The van der Waals surface area contributed by atoms with Crippen LogP contribution in [-0.2, 0) is 9.53 Å². The predicted octanol–water partition coefficient (Wildman–Crippen LogP) is 1.55. The molecule has 2 fully saturated rings. The van der Waals surface area contributed by atoms with Crippen molar-refractivity contribution in [3.8, 4) is 0 Å². The molecular formula is C11H18ClNO2. The molecule has 0 aromatic heterocycles. The number of carbonyl (C=O) groups is 1. The van der Waals surface area contributed by atoms with E-state index in [1.54, 1.807) is 6.92 Å². The lowest BCUT2D eigenvalue weighted by Gasteiger charge is -2.23. The van der Waals surface area contributed by atoms with E-state index in [-0.39, 0.29) is 5.91 Å². The summed E-state index contributed by atoms with van der Waals surface area (Å²) in [6.07, 6.45) is 3.56. The normalized spacial score (nSPS) is 29.9. The Morgan fingerprint density at radius 1 is 1.60 bits per heavy atom. The second kappa shape index (κ2) is 4.30. The molecule has 4 heteroatoms. The first-order chi connectivity index (χ1) is 7.14. The van der Waals surface area contributed by atoms with E-state index in [4.69, 9.17) is 16.3 Å². The molecule has 2 rings (SSSR count). The highest BCUT2D eigenvalue weighted by atomic mass is 35.5. The molecule has 1 heterocycles. The molecule has 15 heavy (non-hydrogen) atoms. The van der Waals surface area contributed by atoms with Crippen LogP contribution in [-0.4, -0.2) is 31.0 Å². The standard InChI is InChI=1S/C11H18ClNO2/c1-8(12)10(14)13-7-9-6-11(9)2-4-15-5-3-11/h8-9H,2-7H2,1H3,(H,13,14). The molecule has 2 aliphatic rings. The number of nitrogens with one attached hydrogen (secondary N) is 1. The van der Waals surface area contributed by atoms with Crippen LogP contribution >= 0.6 is 11.6 Å². The molecule has 1 N–H and O–H groups in total. The zero-order valence-electron chi connectivity index (χ0n) is 9.09. The topological polar surface area (TPSA) is 38.3 Å². The summed E-state index contributed by atoms with van der Waals surface area (Å²) in [5.74, 6) is 0.603. The van der Waals surface area contributed by atoms with E-state index in [1.807, 2.05) is 0 Å². The Morgan fingerprint density at radius 2 is 2.27 bits per heavy atom. The number of ether oxygens (including phenoxy) is 1. The molecule has 1 saturated heterocycles. The van der Waals surface area contributed by atoms with Gasteiger partial charge in [-0.05, 0) is 37.5 Å². The summed E-state index contributed by atoms with van der Waals surface area (Å²) in [4.78, 5) is 11.3. The molecule has 1 spiro atoms. The second-order valence-corrected chi connectivity index (χ2v) is 5.39. The molecule has 3 nitrogen and oxygen atoms in total. The smallest absolute Gasteiger partial charge is 0.237 e. The van der Waals surface area contributed by atoms with Gasteiger partial charge in [-0.15, -0.1) is 11.6 Å². The lowest BCUT2D eigenvalue weighted by Crippen LogP contribution is -2.32. The molecule has 1 aliphatic carbocycles. The first-order valence-electron chi connectivity index (χ1n) is 5.64. The van der Waals surface area contributed by atoms with E-state index in [9.17, 15) is 4.79 Å². The number of amides is 1. The van der Waals surface area contributed by atoms with Crippen molar-refractivity contribution >= 4 is 17.5 Å². The fourth-order valence-corrected chi connectivity index (χ4v) is 2.55. The molecule has 2 unspecified atom stereocenters. The molecular weight excluding hydrogens is 214 g/mol. The number of hydrogen-bond acceptors (Lipinski definition) is 2. The first-order valence-corrected chi connectivity index (χ1v) is 6.07. The molecule has 0 aromatic carbocycles. The first kappa shape index (κ1) is 11.2. The Bertz CT molecular complexity index is 249. The summed E-state index contributed by atoms with van der Waals surface area (Å²) in [6.45, 7) is 4.26. The zero-order chi connectivity index (χ0) is 10.9. The Balaban J connectivity index is 1.72. The molecule has 0 aromatic rings. The molecule has 1 amide bonds. The van der Waals surface area contributed by atoms with E-state index in [0.29, 0.717) is 11.3 Å². The zero-order valence-corrected chi connectivity index (χ0v) is 9.85. The van der Waals surface area contributed by atoms with Gasteiger partial charge in [-0.1, -0.05) is 0 Å². The molecule has 0 radical (unpaired) electrons. The van der Waals surface area contributed by atoms with Crippen molar-refractivity contribution in [1.29, 1.82) is 0 Å². The van der Waals surface area contributed by atoms with E-state index in [1.165, 1.54) is 6.42 Å². The third-order valence-corrected chi connectivity index (χ3v) is 3.93. The van der Waals surface area contributed by atoms with Crippen LogP contribution in [0.5, 0.6) is 0 Å². The van der Waals surface area contributed by atoms with Gasteiger partial charge in [-0.25, -0.2) is 0 Å². The summed E-state index contributed by atoms with van der Waals surface area (Å²) in [7, 11) is 0. The Labute approximate surface area is 95.5 Å². The third-order valence-electron chi connectivity index (χ3n) is 3.73. The largest absolute Gasteiger partial charge is 0.381 e. The monoisotopic (exact) mass is 231 g/mol. The summed E-state index contributed by atoms with van der Waals surface area (Å²) in [5.41, 5.74) is 0.487. The van der Waals surface area contributed by atoms with E-state index < -0.39 is 5.38 Å². The minimum atomic E-state index is -0.422. The quantitative estimate of drug-likeness (QED) is 0.749. The highest BCUT2D eigenvalue weighted by Gasteiger charge is 2.53. The van der Waals surface area contributed by atoms with Gasteiger partial charge in [0.2, 0.25) is 5.91 Å². The average molecular weight is 232 g/mol. The lowest BCUT2D eigenvalue weighted by molar-refractivity contribution is -0.120. The molecule has 1 aliphatic heterocycles. The van der Waals surface area contributed by atoms with Crippen molar-refractivity contribution in [2.24, 2.45) is 11.3 Å². The van der Waals surface area contributed by atoms with E-state index in [0.717, 1.165) is 32.6 Å². The van der Waals surface area contributed by atoms with Crippen LogP contribution in [0.4, 0.5) is 0 Å². The van der Waals surface area contributed by atoms with Crippen molar-refractivity contribution in [3.63, 3.8) is 0 Å². The van der Waals surface area contributed by atoms with Crippen molar-refractivity contribution in [2.45, 2.75) is 31.6 Å². The van der Waals surface area contributed by atoms with Crippen LogP contribution in [0.15, 0.2) is 0 Å². The van der Waals surface area contributed by atoms with Crippen LogP contribution in [0.2, 0.25) is 0 Å². The third kappa shape index (κ3) is 2.45. The van der Waals surface area contributed by atoms with Gasteiger partial charge in [-0.3, -0.25) is 4.79 Å². The van der Waals surface area contributed by atoms with Crippen LogP contribution in [0.25, 0.3) is 0 Å². The van der Waals surface area contributed by atoms with Crippen LogP contribution in [0.1, 0.15) is 26.2 Å². The Morgan fingerprint density at radius 3 is 2.87 bits per heavy atom. The van der Waals surface area contributed by atoms with Gasteiger partial charge in [0.05, 0.1) is 0 Å². The molecule has 0 bridgehead atoms. The van der Waals surface area contributed by atoms with Gasteiger partial charge in [0.1, 0.15) is 5.38 Å². The number of rotatable bonds is 3. The van der Waals surface area contributed by atoms with Crippen LogP contribution < -0.4 is 5.32 Å². The van der Waals surface area contributed by atoms with Gasteiger partial charge in [0.25, 0.3) is 0 Å². The van der Waals surface area contributed by atoms with Crippen molar-refractivity contribution in [1.82, 2.24) is 5.32 Å². The SMILES string of the molecule is CC(Cl)C(=O)NCC1CC12CCOCC2. The van der Waals surface area contributed by atoms with E-state index >= 15 is 0 Å². The maximum absolute atomic E-state index is 11.3. The minimum absolute atomic E-state index is 0.0502. The van der Waals surface area contributed by atoms with Crippen molar-refractivity contribution in [3.05, 3.63) is 0 Å². The van der Waals surface area contributed by atoms with E-state index in [2.05, 4.69) is 5.32 Å². The summed E-state index contributed by atoms with van der Waals surface area (Å²) < 4.78 is 5.35. The maximum atomic E-state index is 11.3. The Hall–Kier alpha value is -0.280. The van der Waals surface area contributed by atoms with Crippen LogP contribution in [0, 0.1) is 11.3 Å². The number of halogens is 1. The van der Waals surface area contributed by atoms with Gasteiger partial charge in [-0.2, -0.15) is 0 Å². The highest BCUT2D eigenvalue weighted by Crippen LogP contribution is 2.58. The maximum Gasteiger partial charge on any atom is 0.237 e. The van der Waals surface area contributed by atoms with Gasteiger partial charge in [0.15, 0.2) is 0 Å². The highest BCUT2D eigenvalue weighted by molar-refractivity contribution is 6.30. The number of hydrogen-bond donors (Lipinski definition) is 1. The minimum Gasteiger partial charge on any atom is -0.381 e. The van der Waals surface area contributed by atoms with Gasteiger partial charge >= 0.3 is 0 Å². The average Bonchev–Trinajstić information content (AvgIpc) is 2.88. The fourth-order valence-electron chi connectivity index (χ4n) is 2.48. The lowest BCUT2D eigenvalue weighted by atomic mass is 9.94. The van der Waals surface area contributed by atoms with Crippen molar-refractivity contribution < 1.29 is 9.53 Å².